The molecule has 21 heavy (non-hydrogen) atoms. The number of aliphatic hydroxyl groups is 1. The number of aliphatic hydroxyl groups excluding tert-OH is 1. The molecule has 1 aliphatic carbocycles. The second-order valence-electron chi connectivity index (χ2n) is 5.61. The van der Waals surface area contributed by atoms with Gasteiger partial charge in [0, 0.05) is 24.4 Å². The van der Waals surface area contributed by atoms with Gasteiger partial charge in [-0.3, -0.25) is 10.1 Å². The fourth-order valence-corrected chi connectivity index (χ4v) is 2.42. The van der Waals surface area contributed by atoms with E-state index in [9.17, 15) is 9.90 Å². The molecule has 0 spiro atoms. The van der Waals surface area contributed by atoms with Gasteiger partial charge < -0.3 is 9.84 Å². The molecule has 0 aliphatic heterocycles. The Balaban J connectivity index is 1.95. The number of para-hydroxylation sites is 1. The van der Waals surface area contributed by atoms with Crippen molar-refractivity contribution in [2.24, 2.45) is 0 Å². The summed E-state index contributed by atoms with van der Waals surface area (Å²) in [5.41, 5.74) is 2.02. The van der Waals surface area contributed by atoms with Gasteiger partial charge in [0.1, 0.15) is 12.0 Å². The van der Waals surface area contributed by atoms with Crippen LogP contribution in [0.5, 0.6) is 5.75 Å². The highest BCUT2D eigenvalue weighted by molar-refractivity contribution is 6.02. The Hall–Kier alpha value is -1.65. The molecule has 1 aromatic carbocycles. The van der Waals surface area contributed by atoms with Crippen LogP contribution >= 0.6 is 0 Å². The van der Waals surface area contributed by atoms with Crippen molar-refractivity contribution in [3.63, 3.8) is 0 Å². The van der Waals surface area contributed by atoms with E-state index < -0.39 is 6.23 Å². The van der Waals surface area contributed by atoms with E-state index in [0.717, 1.165) is 23.3 Å². The number of hydrogen-bond donors (Lipinski definition) is 2. The van der Waals surface area contributed by atoms with E-state index >= 15 is 0 Å². The molecule has 0 saturated carbocycles. The zero-order chi connectivity index (χ0) is 15.2. The molecular weight excluding hydrogens is 266 g/mol. The number of allylic oxidation sites excluding steroid dienone is 2. The van der Waals surface area contributed by atoms with Gasteiger partial charge in [0.25, 0.3) is 0 Å². The van der Waals surface area contributed by atoms with Gasteiger partial charge in [-0.25, -0.2) is 0 Å². The molecule has 1 atom stereocenters. The predicted molar refractivity (Wildman–Crippen MR) is 83.1 cm³/mol. The van der Waals surface area contributed by atoms with E-state index in [0.29, 0.717) is 19.4 Å². The fourth-order valence-electron chi connectivity index (χ4n) is 2.42. The Kier molecular flexibility index (Phi) is 5.53. The second-order valence-corrected chi connectivity index (χ2v) is 5.61. The summed E-state index contributed by atoms with van der Waals surface area (Å²) in [6.07, 6.45) is 3.02. The maximum absolute atomic E-state index is 11.4. The second kappa shape index (κ2) is 7.38. The average molecular weight is 289 g/mol. The summed E-state index contributed by atoms with van der Waals surface area (Å²) in [5.74, 6) is 0.951. The summed E-state index contributed by atoms with van der Waals surface area (Å²) in [5, 5.41) is 12.8. The van der Waals surface area contributed by atoms with Crippen LogP contribution in [0.3, 0.4) is 0 Å². The van der Waals surface area contributed by atoms with Crippen LogP contribution < -0.4 is 10.1 Å². The zero-order valence-electron chi connectivity index (χ0n) is 12.6. The van der Waals surface area contributed by atoms with Crippen LogP contribution in [0, 0.1) is 0 Å². The third-order valence-corrected chi connectivity index (χ3v) is 3.38. The third kappa shape index (κ3) is 4.69. The highest BCUT2D eigenvalue weighted by Gasteiger charge is 2.16. The summed E-state index contributed by atoms with van der Waals surface area (Å²) in [7, 11) is 0. The number of nitrogens with one attached hydrogen (secondary N) is 1. The Labute approximate surface area is 125 Å². The number of hydrogen-bond acceptors (Lipinski definition) is 4. The van der Waals surface area contributed by atoms with Gasteiger partial charge >= 0.3 is 0 Å². The molecule has 4 nitrogen and oxygen atoms in total. The van der Waals surface area contributed by atoms with E-state index in [4.69, 9.17) is 4.74 Å². The number of rotatable bonds is 7. The first-order valence-corrected chi connectivity index (χ1v) is 7.46. The van der Waals surface area contributed by atoms with Crippen LogP contribution in [0.2, 0.25) is 0 Å². The molecule has 1 aromatic rings. The third-order valence-electron chi connectivity index (χ3n) is 3.38. The molecule has 0 heterocycles. The lowest BCUT2D eigenvalue weighted by atomic mass is 10.0. The number of benzene rings is 1. The van der Waals surface area contributed by atoms with Crippen molar-refractivity contribution in [3.05, 3.63) is 35.9 Å². The Morgan fingerprint density at radius 1 is 1.29 bits per heavy atom. The molecule has 0 aromatic heterocycles. The fraction of sp³-hybridized carbons (Fsp3) is 0.471. The van der Waals surface area contributed by atoms with Crippen molar-refractivity contribution in [1.29, 1.82) is 0 Å². The van der Waals surface area contributed by atoms with Crippen LogP contribution in [0.25, 0.3) is 5.57 Å². The lowest BCUT2D eigenvalue weighted by Crippen LogP contribution is -2.35. The monoisotopic (exact) mass is 289 g/mol. The first kappa shape index (κ1) is 15.7. The first-order chi connectivity index (χ1) is 10.1. The van der Waals surface area contributed by atoms with Crippen LogP contribution in [0.1, 0.15) is 38.7 Å². The minimum atomic E-state index is -0.565. The molecule has 1 aliphatic rings. The van der Waals surface area contributed by atoms with Gasteiger partial charge in [-0.1, -0.05) is 18.2 Å². The molecule has 114 valence electrons. The smallest absolute Gasteiger partial charge is 0.156 e. The molecule has 0 saturated heterocycles. The molecular formula is C17H23NO3. The lowest BCUT2D eigenvalue weighted by molar-refractivity contribution is -0.114. The molecule has 0 amide bonds. The predicted octanol–water partition coefficient (Wildman–Crippen LogP) is 2.52. The topological polar surface area (TPSA) is 58.6 Å². The number of ketones is 1. The minimum absolute atomic E-state index is 0.177. The quantitative estimate of drug-likeness (QED) is 0.757. The van der Waals surface area contributed by atoms with Gasteiger partial charge in [0.05, 0.1) is 6.61 Å². The number of ether oxygens (including phenoxy) is 1. The van der Waals surface area contributed by atoms with Crippen molar-refractivity contribution in [2.45, 2.75) is 45.4 Å². The van der Waals surface area contributed by atoms with Crippen LogP contribution in [0.4, 0.5) is 0 Å². The van der Waals surface area contributed by atoms with Crippen molar-refractivity contribution in [3.8, 4) is 5.75 Å². The largest absolute Gasteiger partial charge is 0.493 e. The molecule has 0 bridgehead atoms. The number of carbonyl (C=O) groups is 1. The summed E-state index contributed by atoms with van der Waals surface area (Å²) >= 11 is 0. The van der Waals surface area contributed by atoms with Crippen LogP contribution in [-0.2, 0) is 4.79 Å². The van der Waals surface area contributed by atoms with E-state index in [1.54, 1.807) is 6.08 Å². The molecule has 0 fully saturated rings. The Bertz CT molecular complexity index is 523. The summed E-state index contributed by atoms with van der Waals surface area (Å²) < 4.78 is 5.78. The molecule has 1 unspecified atom stereocenters. The van der Waals surface area contributed by atoms with Gasteiger partial charge in [-0.2, -0.15) is 0 Å². The van der Waals surface area contributed by atoms with E-state index in [1.165, 1.54) is 0 Å². The Morgan fingerprint density at radius 2 is 2.05 bits per heavy atom. The van der Waals surface area contributed by atoms with E-state index in [2.05, 4.69) is 5.32 Å². The van der Waals surface area contributed by atoms with Crippen molar-refractivity contribution in [1.82, 2.24) is 5.32 Å². The molecule has 4 heteroatoms. The number of carbonyl (C=O) groups excluding carboxylic acids is 1. The normalized spacial score (nSPS) is 16.2. The maximum Gasteiger partial charge on any atom is 0.156 e. The minimum Gasteiger partial charge on any atom is -0.493 e. The molecule has 2 rings (SSSR count). The highest BCUT2D eigenvalue weighted by Crippen LogP contribution is 2.32. The van der Waals surface area contributed by atoms with Crippen molar-refractivity contribution >= 4 is 11.4 Å². The zero-order valence-corrected chi connectivity index (χ0v) is 12.6. The van der Waals surface area contributed by atoms with Crippen LogP contribution in [0.15, 0.2) is 30.3 Å². The van der Waals surface area contributed by atoms with Gasteiger partial charge in [-0.15, -0.1) is 0 Å². The first-order valence-electron chi connectivity index (χ1n) is 7.46. The maximum atomic E-state index is 11.4. The average Bonchev–Trinajstić information content (AvgIpc) is 2.85. The van der Waals surface area contributed by atoms with Gasteiger partial charge in [0.2, 0.25) is 0 Å². The standard InChI is InChI=1S/C17H23NO3/c1-12(2)18-17(20)9-10-21-16-6-4-3-5-15(16)13-7-8-14(19)11-13/h3-6,11-12,17-18,20H,7-10H2,1-2H3. The SMILES string of the molecule is CC(C)NC(O)CCOc1ccccc1C1=CC(=O)CC1. The van der Waals surface area contributed by atoms with Gasteiger partial charge in [0.15, 0.2) is 5.78 Å². The highest BCUT2D eigenvalue weighted by atomic mass is 16.5. The summed E-state index contributed by atoms with van der Waals surface area (Å²) in [6, 6.07) is 7.98. The Morgan fingerprint density at radius 3 is 2.71 bits per heavy atom. The van der Waals surface area contributed by atoms with E-state index in [-0.39, 0.29) is 11.8 Å². The molecule has 2 N–H and O–H groups in total. The van der Waals surface area contributed by atoms with Crippen LogP contribution in [-0.4, -0.2) is 29.8 Å². The van der Waals surface area contributed by atoms with Crippen molar-refractivity contribution < 1.29 is 14.6 Å². The van der Waals surface area contributed by atoms with E-state index in [1.807, 2.05) is 38.1 Å². The lowest BCUT2D eigenvalue weighted by Gasteiger charge is -2.17. The summed E-state index contributed by atoms with van der Waals surface area (Å²) in [4.78, 5) is 11.4. The molecule has 0 radical (unpaired) electrons. The van der Waals surface area contributed by atoms with Gasteiger partial charge in [-0.05, 0) is 38.0 Å². The summed E-state index contributed by atoms with van der Waals surface area (Å²) in [6.45, 7) is 4.41. The van der Waals surface area contributed by atoms with Crippen molar-refractivity contribution in [2.75, 3.05) is 6.61 Å².